The van der Waals surface area contributed by atoms with Crippen molar-refractivity contribution in [1.29, 1.82) is 0 Å². The van der Waals surface area contributed by atoms with Crippen LogP contribution in [-0.4, -0.2) is 40.4 Å². The lowest BCUT2D eigenvalue weighted by atomic mass is 9.97. The largest absolute Gasteiger partial charge is 0.484 e. The van der Waals surface area contributed by atoms with Crippen LogP contribution in [0.3, 0.4) is 0 Å². The molecule has 0 radical (unpaired) electrons. The Kier molecular flexibility index (Phi) is 6.64. The minimum atomic E-state index is -4.56. The van der Waals surface area contributed by atoms with E-state index in [4.69, 9.17) is 4.74 Å². The Hall–Kier alpha value is -2.62. The van der Waals surface area contributed by atoms with Crippen molar-refractivity contribution in [3.8, 4) is 5.75 Å². The molecule has 1 aromatic heterocycles. The van der Waals surface area contributed by atoms with E-state index in [0.29, 0.717) is 17.1 Å². The molecular formula is C20H22F3N3O3S. The van der Waals surface area contributed by atoms with Crippen LogP contribution in [0.15, 0.2) is 29.6 Å². The van der Waals surface area contributed by atoms with Gasteiger partial charge in [-0.05, 0) is 57.4 Å². The molecular weight excluding hydrogens is 419 g/mol. The van der Waals surface area contributed by atoms with E-state index in [9.17, 15) is 22.8 Å². The highest BCUT2D eigenvalue weighted by Crippen LogP contribution is 2.31. The first-order valence-corrected chi connectivity index (χ1v) is 10.4. The molecule has 10 heteroatoms. The fourth-order valence-corrected chi connectivity index (χ4v) is 4.18. The lowest BCUT2D eigenvalue weighted by molar-refractivity contribution is -0.141. The van der Waals surface area contributed by atoms with Gasteiger partial charge in [-0.2, -0.15) is 13.2 Å². The highest BCUT2D eigenvalue weighted by molar-refractivity contribution is 7.14. The molecule has 1 aromatic carbocycles. The number of likely N-dealkylation sites (tertiary alicyclic amines) is 1. The van der Waals surface area contributed by atoms with Gasteiger partial charge < -0.3 is 9.64 Å². The minimum Gasteiger partial charge on any atom is -0.484 e. The fourth-order valence-electron chi connectivity index (χ4n) is 3.47. The number of benzene rings is 1. The lowest BCUT2D eigenvalue weighted by Crippen LogP contribution is -2.49. The van der Waals surface area contributed by atoms with Crippen molar-refractivity contribution in [2.75, 3.05) is 11.9 Å². The number of amides is 2. The predicted molar refractivity (Wildman–Crippen MR) is 107 cm³/mol. The van der Waals surface area contributed by atoms with E-state index in [1.165, 1.54) is 24.3 Å². The standard InChI is InChI=1S/C20H22F3N3O3S/c1-12-4-3-5-13(2)26(12)17(27)10-29-15-8-6-14(7-9-15)18(28)25-19-24-16(11-30-19)20(21,22)23/h6-9,11-13H,3-5,10H2,1-2H3,(H,24,25,28). The van der Waals surface area contributed by atoms with Crippen molar-refractivity contribution in [3.05, 3.63) is 40.9 Å². The average molecular weight is 441 g/mol. The SMILES string of the molecule is CC1CCCC(C)N1C(=O)COc1ccc(C(=O)Nc2nc(C(F)(F)F)cs2)cc1. The molecule has 1 saturated heterocycles. The molecule has 2 atom stereocenters. The van der Waals surface area contributed by atoms with Gasteiger partial charge in [0.05, 0.1) is 0 Å². The van der Waals surface area contributed by atoms with Crippen molar-refractivity contribution in [1.82, 2.24) is 9.88 Å². The quantitative estimate of drug-likeness (QED) is 0.737. The molecule has 0 saturated carbocycles. The minimum absolute atomic E-state index is 0.0826. The summed E-state index contributed by atoms with van der Waals surface area (Å²) in [4.78, 5) is 29.9. The van der Waals surface area contributed by atoms with Gasteiger partial charge in [0.25, 0.3) is 11.8 Å². The number of carbonyl (C=O) groups excluding carboxylic acids is 2. The summed E-state index contributed by atoms with van der Waals surface area (Å²) in [6.45, 7) is 3.96. The van der Waals surface area contributed by atoms with Crippen LogP contribution in [-0.2, 0) is 11.0 Å². The Bertz CT molecular complexity index is 889. The molecule has 162 valence electrons. The molecule has 1 N–H and O–H groups in total. The van der Waals surface area contributed by atoms with Crippen LogP contribution in [0.2, 0.25) is 0 Å². The fraction of sp³-hybridized carbons (Fsp3) is 0.450. The number of aromatic nitrogens is 1. The monoisotopic (exact) mass is 441 g/mol. The number of rotatable bonds is 5. The van der Waals surface area contributed by atoms with Gasteiger partial charge in [-0.3, -0.25) is 14.9 Å². The van der Waals surface area contributed by atoms with Crippen LogP contribution in [0.5, 0.6) is 5.75 Å². The number of piperidine rings is 1. The summed E-state index contributed by atoms with van der Waals surface area (Å²) in [5.74, 6) is -0.247. The number of halogens is 3. The Labute approximate surface area is 176 Å². The highest BCUT2D eigenvalue weighted by Gasteiger charge is 2.34. The number of nitrogens with one attached hydrogen (secondary N) is 1. The summed E-state index contributed by atoms with van der Waals surface area (Å²) in [6.07, 6.45) is -1.50. The zero-order valence-electron chi connectivity index (χ0n) is 16.5. The maximum atomic E-state index is 12.6. The summed E-state index contributed by atoms with van der Waals surface area (Å²) in [7, 11) is 0. The van der Waals surface area contributed by atoms with Gasteiger partial charge in [-0.25, -0.2) is 4.98 Å². The van der Waals surface area contributed by atoms with E-state index in [0.717, 1.165) is 24.6 Å². The number of alkyl halides is 3. The number of carbonyl (C=O) groups is 2. The summed E-state index contributed by atoms with van der Waals surface area (Å²) in [5.41, 5.74) is -0.815. The van der Waals surface area contributed by atoms with Crippen molar-refractivity contribution in [3.63, 3.8) is 0 Å². The summed E-state index contributed by atoms with van der Waals surface area (Å²) >= 11 is 0.698. The van der Waals surface area contributed by atoms with Crippen molar-refractivity contribution in [2.24, 2.45) is 0 Å². The molecule has 1 aliphatic rings. The van der Waals surface area contributed by atoms with Crippen molar-refractivity contribution >= 4 is 28.3 Å². The Morgan fingerprint density at radius 1 is 1.20 bits per heavy atom. The summed E-state index contributed by atoms with van der Waals surface area (Å²) in [5, 5.41) is 3.04. The summed E-state index contributed by atoms with van der Waals surface area (Å²) in [6, 6.07) is 6.38. The van der Waals surface area contributed by atoms with Crippen molar-refractivity contribution < 1.29 is 27.5 Å². The van der Waals surface area contributed by atoms with Crippen LogP contribution in [0, 0.1) is 0 Å². The van der Waals surface area contributed by atoms with Gasteiger partial charge in [-0.1, -0.05) is 0 Å². The summed E-state index contributed by atoms with van der Waals surface area (Å²) < 4.78 is 43.3. The first-order valence-electron chi connectivity index (χ1n) is 9.53. The second-order valence-electron chi connectivity index (χ2n) is 7.23. The first kappa shape index (κ1) is 22.1. The van der Waals surface area contributed by atoms with Crippen LogP contribution >= 0.6 is 11.3 Å². The molecule has 2 unspecified atom stereocenters. The van der Waals surface area contributed by atoms with Gasteiger partial charge in [0.15, 0.2) is 17.4 Å². The maximum absolute atomic E-state index is 12.6. The predicted octanol–water partition coefficient (Wildman–Crippen LogP) is 4.58. The second kappa shape index (κ2) is 9.03. The molecule has 2 amide bonds. The molecule has 6 nitrogen and oxygen atoms in total. The van der Waals surface area contributed by atoms with Crippen LogP contribution < -0.4 is 10.1 Å². The van der Waals surface area contributed by atoms with E-state index < -0.39 is 17.8 Å². The van der Waals surface area contributed by atoms with E-state index in [1.54, 1.807) is 0 Å². The van der Waals surface area contributed by atoms with Gasteiger partial charge in [0, 0.05) is 23.0 Å². The maximum Gasteiger partial charge on any atom is 0.434 e. The third-order valence-electron chi connectivity index (χ3n) is 4.98. The second-order valence-corrected chi connectivity index (χ2v) is 8.09. The van der Waals surface area contributed by atoms with Crippen LogP contribution in [0.25, 0.3) is 0 Å². The molecule has 0 aliphatic carbocycles. The van der Waals surface area contributed by atoms with E-state index in [2.05, 4.69) is 10.3 Å². The molecule has 0 spiro atoms. The Balaban J connectivity index is 1.55. The van der Waals surface area contributed by atoms with Crippen LogP contribution in [0.1, 0.15) is 49.2 Å². The van der Waals surface area contributed by atoms with Crippen LogP contribution in [0.4, 0.5) is 18.3 Å². The number of anilines is 1. The van der Waals surface area contributed by atoms with Gasteiger partial charge in [0.1, 0.15) is 5.75 Å². The number of hydrogen-bond donors (Lipinski definition) is 1. The number of nitrogens with zero attached hydrogens (tertiary/aromatic N) is 2. The third-order valence-corrected chi connectivity index (χ3v) is 5.73. The zero-order chi connectivity index (χ0) is 21.9. The van der Waals surface area contributed by atoms with Gasteiger partial charge >= 0.3 is 6.18 Å². The molecule has 0 bridgehead atoms. The first-order chi connectivity index (χ1) is 14.1. The van der Waals surface area contributed by atoms with E-state index in [-0.39, 0.29) is 35.3 Å². The van der Waals surface area contributed by atoms with Gasteiger partial charge in [-0.15, -0.1) is 11.3 Å². The highest BCUT2D eigenvalue weighted by atomic mass is 32.1. The molecule has 1 aliphatic heterocycles. The molecule has 2 heterocycles. The lowest BCUT2D eigenvalue weighted by Gasteiger charge is -2.38. The zero-order valence-corrected chi connectivity index (χ0v) is 17.3. The molecule has 2 aromatic rings. The normalized spacial score (nSPS) is 19.4. The average Bonchev–Trinajstić information content (AvgIpc) is 3.15. The van der Waals surface area contributed by atoms with E-state index >= 15 is 0 Å². The third kappa shape index (κ3) is 5.29. The number of thiazole rings is 1. The number of hydrogen-bond acceptors (Lipinski definition) is 5. The van der Waals surface area contributed by atoms with Gasteiger partial charge in [0.2, 0.25) is 0 Å². The van der Waals surface area contributed by atoms with E-state index in [1.807, 2.05) is 18.7 Å². The number of ether oxygens (including phenoxy) is 1. The smallest absolute Gasteiger partial charge is 0.434 e. The Morgan fingerprint density at radius 3 is 2.40 bits per heavy atom. The topological polar surface area (TPSA) is 71.5 Å². The molecule has 30 heavy (non-hydrogen) atoms. The van der Waals surface area contributed by atoms with Crippen molar-refractivity contribution in [2.45, 2.75) is 51.4 Å². The molecule has 3 rings (SSSR count). The Morgan fingerprint density at radius 2 is 1.83 bits per heavy atom. The molecule has 1 fully saturated rings.